The first-order valence-electron chi connectivity index (χ1n) is 5.90. The van der Waals surface area contributed by atoms with Crippen molar-refractivity contribution in [3.63, 3.8) is 0 Å². The number of rotatable bonds is 6. The fourth-order valence-corrected chi connectivity index (χ4v) is 1.86. The van der Waals surface area contributed by atoms with Gasteiger partial charge in [-0.25, -0.2) is 0 Å². The van der Waals surface area contributed by atoms with Gasteiger partial charge in [-0.05, 0) is 30.9 Å². The fourth-order valence-electron chi connectivity index (χ4n) is 1.86. The van der Waals surface area contributed by atoms with Crippen LogP contribution in [-0.2, 0) is 0 Å². The molecule has 3 N–H and O–H groups in total. The zero-order valence-electron chi connectivity index (χ0n) is 9.15. The van der Waals surface area contributed by atoms with Gasteiger partial charge in [0, 0.05) is 18.3 Å². The summed E-state index contributed by atoms with van der Waals surface area (Å²) < 4.78 is 0. The van der Waals surface area contributed by atoms with E-state index in [-0.39, 0.29) is 0 Å². The number of nitrogens with one attached hydrogen (secondary N) is 1. The Bertz CT molecular complexity index is 280. The summed E-state index contributed by atoms with van der Waals surface area (Å²) in [4.78, 5) is 0. The Morgan fingerprint density at radius 1 is 1.27 bits per heavy atom. The molecule has 0 spiro atoms. The van der Waals surface area contributed by atoms with Crippen molar-refractivity contribution >= 4 is 5.69 Å². The zero-order chi connectivity index (χ0) is 10.5. The van der Waals surface area contributed by atoms with E-state index in [1.165, 1.54) is 31.4 Å². The van der Waals surface area contributed by atoms with Crippen LogP contribution in [0.15, 0.2) is 30.3 Å². The van der Waals surface area contributed by atoms with Crippen molar-refractivity contribution < 1.29 is 0 Å². The van der Waals surface area contributed by atoms with Crippen molar-refractivity contribution in [2.45, 2.75) is 31.7 Å². The number of hydrogen-bond acceptors (Lipinski definition) is 2. The Hall–Kier alpha value is -1.02. The van der Waals surface area contributed by atoms with Gasteiger partial charge in [-0.1, -0.05) is 31.0 Å². The third-order valence-electron chi connectivity index (χ3n) is 3.05. The first kappa shape index (κ1) is 10.5. The molecule has 1 aromatic carbocycles. The molecule has 0 bridgehead atoms. The van der Waals surface area contributed by atoms with Crippen LogP contribution in [-0.4, -0.2) is 12.6 Å². The lowest BCUT2D eigenvalue weighted by molar-refractivity contribution is 0.586. The summed E-state index contributed by atoms with van der Waals surface area (Å²) in [6.45, 7) is 0.724. The molecule has 1 aliphatic carbocycles. The molecule has 1 saturated carbocycles. The number of hydrogen-bond donors (Lipinski definition) is 2. The van der Waals surface area contributed by atoms with Gasteiger partial charge in [-0.2, -0.15) is 0 Å². The maximum atomic E-state index is 5.76. The minimum Gasteiger partial charge on any atom is -0.381 e. The molecule has 0 radical (unpaired) electrons. The average Bonchev–Trinajstić information content (AvgIpc) is 3.09. The summed E-state index contributed by atoms with van der Waals surface area (Å²) in [5.74, 6) is 0.997. The molecule has 0 saturated heterocycles. The van der Waals surface area contributed by atoms with Gasteiger partial charge in [0.15, 0.2) is 0 Å². The minimum atomic E-state index is 0.438. The summed E-state index contributed by atoms with van der Waals surface area (Å²) in [6.07, 6.45) is 5.41. The molecule has 0 heterocycles. The van der Waals surface area contributed by atoms with E-state index in [0.717, 1.165) is 12.5 Å². The Kier molecular flexibility index (Phi) is 3.62. The van der Waals surface area contributed by atoms with Gasteiger partial charge >= 0.3 is 0 Å². The quantitative estimate of drug-likeness (QED) is 0.747. The van der Waals surface area contributed by atoms with Crippen molar-refractivity contribution in [2.24, 2.45) is 11.7 Å². The van der Waals surface area contributed by atoms with Gasteiger partial charge in [-0.3, -0.25) is 0 Å². The second-order valence-electron chi connectivity index (χ2n) is 4.46. The first-order valence-corrected chi connectivity index (χ1v) is 5.90. The molecule has 0 aromatic heterocycles. The molecule has 82 valence electrons. The first-order chi connectivity index (χ1) is 7.38. The normalized spacial score (nSPS) is 17.4. The average molecular weight is 204 g/mol. The molecule has 2 heteroatoms. The maximum absolute atomic E-state index is 5.76. The van der Waals surface area contributed by atoms with E-state index in [9.17, 15) is 0 Å². The molecule has 1 unspecified atom stereocenters. The van der Waals surface area contributed by atoms with Crippen molar-refractivity contribution in [3.05, 3.63) is 30.3 Å². The molecular formula is C13H20N2. The smallest absolute Gasteiger partial charge is 0.0383 e. The van der Waals surface area contributed by atoms with Gasteiger partial charge in [0.2, 0.25) is 0 Å². The summed E-state index contributed by atoms with van der Waals surface area (Å²) in [7, 11) is 0. The van der Waals surface area contributed by atoms with Crippen LogP contribution >= 0.6 is 0 Å². The minimum absolute atomic E-state index is 0.438. The summed E-state index contributed by atoms with van der Waals surface area (Å²) in [6, 6.07) is 10.8. The molecule has 1 atom stereocenters. The molecule has 1 aliphatic rings. The number of anilines is 1. The predicted octanol–water partition coefficient (Wildman–Crippen LogP) is 2.62. The van der Waals surface area contributed by atoms with Crippen molar-refractivity contribution in [1.29, 1.82) is 0 Å². The van der Waals surface area contributed by atoms with Crippen LogP contribution in [0.3, 0.4) is 0 Å². The second-order valence-corrected chi connectivity index (χ2v) is 4.46. The van der Waals surface area contributed by atoms with E-state index in [4.69, 9.17) is 5.73 Å². The summed E-state index contributed by atoms with van der Waals surface area (Å²) in [5, 5.41) is 3.49. The third-order valence-corrected chi connectivity index (χ3v) is 3.05. The Morgan fingerprint density at radius 2 is 2.00 bits per heavy atom. The molecule has 15 heavy (non-hydrogen) atoms. The highest BCUT2D eigenvalue weighted by Crippen LogP contribution is 2.34. The van der Waals surface area contributed by atoms with Crippen LogP contribution in [0.1, 0.15) is 25.7 Å². The molecule has 2 nitrogen and oxygen atoms in total. The highest BCUT2D eigenvalue weighted by atomic mass is 14.9. The lowest BCUT2D eigenvalue weighted by atomic mass is 10.1. The Morgan fingerprint density at radius 3 is 2.60 bits per heavy atom. The third kappa shape index (κ3) is 3.56. The van der Waals surface area contributed by atoms with E-state index in [1.807, 2.05) is 6.07 Å². The van der Waals surface area contributed by atoms with Crippen molar-refractivity contribution in [1.82, 2.24) is 0 Å². The maximum Gasteiger partial charge on any atom is 0.0383 e. The van der Waals surface area contributed by atoms with Gasteiger partial charge in [-0.15, -0.1) is 0 Å². The SMILES string of the molecule is NCC(CCC1CC1)Nc1ccccc1. The molecule has 2 rings (SSSR count). The number of para-hydroxylation sites is 1. The fraction of sp³-hybridized carbons (Fsp3) is 0.538. The highest BCUT2D eigenvalue weighted by molar-refractivity contribution is 5.43. The lowest BCUT2D eigenvalue weighted by Gasteiger charge is -2.17. The topological polar surface area (TPSA) is 38.0 Å². The van der Waals surface area contributed by atoms with Gasteiger partial charge in [0.05, 0.1) is 0 Å². The molecule has 0 amide bonds. The van der Waals surface area contributed by atoms with E-state index < -0.39 is 0 Å². The highest BCUT2D eigenvalue weighted by Gasteiger charge is 2.22. The van der Waals surface area contributed by atoms with Crippen LogP contribution in [0.25, 0.3) is 0 Å². The lowest BCUT2D eigenvalue weighted by Crippen LogP contribution is -2.28. The van der Waals surface area contributed by atoms with Crippen LogP contribution in [0, 0.1) is 5.92 Å². The van der Waals surface area contributed by atoms with Gasteiger partial charge in [0.1, 0.15) is 0 Å². The van der Waals surface area contributed by atoms with E-state index in [0.29, 0.717) is 6.04 Å². The van der Waals surface area contributed by atoms with E-state index in [2.05, 4.69) is 29.6 Å². The molecule has 1 fully saturated rings. The Labute approximate surface area is 91.9 Å². The van der Waals surface area contributed by atoms with Crippen LogP contribution < -0.4 is 11.1 Å². The molecular weight excluding hydrogens is 184 g/mol. The Balaban J connectivity index is 1.78. The largest absolute Gasteiger partial charge is 0.381 e. The van der Waals surface area contributed by atoms with E-state index >= 15 is 0 Å². The zero-order valence-corrected chi connectivity index (χ0v) is 9.15. The summed E-state index contributed by atoms with van der Waals surface area (Å²) in [5.41, 5.74) is 6.95. The van der Waals surface area contributed by atoms with E-state index in [1.54, 1.807) is 0 Å². The second kappa shape index (κ2) is 5.17. The number of benzene rings is 1. The van der Waals surface area contributed by atoms with Crippen LogP contribution in [0.2, 0.25) is 0 Å². The van der Waals surface area contributed by atoms with Crippen LogP contribution in [0.4, 0.5) is 5.69 Å². The molecule has 1 aromatic rings. The monoisotopic (exact) mass is 204 g/mol. The number of nitrogens with two attached hydrogens (primary N) is 1. The predicted molar refractivity (Wildman–Crippen MR) is 64.9 cm³/mol. The van der Waals surface area contributed by atoms with Crippen LogP contribution in [0.5, 0.6) is 0 Å². The summed E-state index contributed by atoms with van der Waals surface area (Å²) >= 11 is 0. The standard InChI is InChI=1S/C13H20N2/c14-10-13(9-8-11-6-7-11)15-12-4-2-1-3-5-12/h1-5,11,13,15H,6-10,14H2. The van der Waals surface area contributed by atoms with Crippen molar-refractivity contribution in [2.75, 3.05) is 11.9 Å². The van der Waals surface area contributed by atoms with Gasteiger partial charge < -0.3 is 11.1 Å². The molecule has 0 aliphatic heterocycles. The van der Waals surface area contributed by atoms with Gasteiger partial charge in [0.25, 0.3) is 0 Å². The van der Waals surface area contributed by atoms with Crippen molar-refractivity contribution in [3.8, 4) is 0 Å².